The van der Waals surface area contributed by atoms with Crippen molar-refractivity contribution in [3.63, 3.8) is 0 Å². The van der Waals surface area contributed by atoms with Gasteiger partial charge in [-0.2, -0.15) is 5.10 Å². The van der Waals surface area contributed by atoms with Gasteiger partial charge in [0.25, 0.3) is 0 Å². The number of nitrogens with zero attached hydrogens (tertiary/aromatic N) is 3. The Hall–Kier alpha value is -3.55. The standard InChI is InChI=1S/C19H18FN5O2/c1-13(25-12-21-11-22-25)19(27)24-17-7-5-16(6-8-17)23-18(26)10-14-3-2-4-15(20)9-14/h2-9,11-13H,10H2,1H3,(H,23,26)(H,24,27). The van der Waals surface area contributed by atoms with Gasteiger partial charge in [-0.05, 0) is 48.9 Å². The Bertz CT molecular complexity index is 926. The molecular formula is C19H18FN5O2. The van der Waals surface area contributed by atoms with E-state index in [2.05, 4.69) is 20.7 Å². The van der Waals surface area contributed by atoms with Crippen LogP contribution < -0.4 is 10.6 Å². The lowest BCUT2D eigenvalue weighted by Crippen LogP contribution is -2.24. The van der Waals surface area contributed by atoms with Crippen LogP contribution in [0, 0.1) is 5.82 Å². The van der Waals surface area contributed by atoms with E-state index in [0.29, 0.717) is 16.9 Å². The molecule has 2 aromatic carbocycles. The van der Waals surface area contributed by atoms with Crippen LogP contribution in [0.25, 0.3) is 0 Å². The molecule has 0 aliphatic rings. The van der Waals surface area contributed by atoms with Crippen LogP contribution >= 0.6 is 0 Å². The van der Waals surface area contributed by atoms with Crippen LogP contribution in [-0.4, -0.2) is 26.6 Å². The van der Waals surface area contributed by atoms with Gasteiger partial charge in [-0.1, -0.05) is 12.1 Å². The van der Waals surface area contributed by atoms with Crippen LogP contribution in [0.4, 0.5) is 15.8 Å². The van der Waals surface area contributed by atoms with Gasteiger partial charge in [0.05, 0.1) is 6.42 Å². The van der Waals surface area contributed by atoms with Gasteiger partial charge in [0, 0.05) is 11.4 Å². The highest BCUT2D eigenvalue weighted by atomic mass is 19.1. The Balaban J connectivity index is 1.55. The van der Waals surface area contributed by atoms with Gasteiger partial charge >= 0.3 is 0 Å². The molecule has 0 bridgehead atoms. The topological polar surface area (TPSA) is 88.9 Å². The third-order valence-corrected chi connectivity index (χ3v) is 3.90. The second-order valence-electron chi connectivity index (χ2n) is 5.97. The number of halogens is 1. The third kappa shape index (κ3) is 4.97. The molecule has 0 radical (unpaired) electrons. The summed E-state index contributed by atoms with van der Waals surface area (Å²) >= 11 is 0. The Morgan fingerprint density at radius 2 is 1.81 bits per heavy atom. The van der Waals surface area contributed by atoms with Crippen molar-refractivity contribution in [2.75, 3.05) is 10.6 Å². The number of hydrogen-bond acceptors (Lipinski definition) is 4. The second-order valence-corrected chi connectivity index (χ2v) is 5.97. The van der Waals surface area contributed by atoms with E-state index in [4.69, 9.17) is 0 Å². The number of anilines is 2. The Kier molecular flexibility index (Phi) is 5.55. The maximum atomic E-state index is 13.2. The highest BCUT2D eigenvalue weighted by molar-refractivity contribution is 5.95. The van der Waals surface area contributed by atoms with Crippen LogP contribution in [0.3, 0.4) is 0 Å². The van der Waals surface area contributed by atoms with E-state index < -0.39 is 6.04 Å². The van der Waals surface area contributed by atoms with E-state index in [-0.39, 0.29) is 24.1 Å². The highest BCUT2D eigenvalue weighted by Crippen LogP contribution is 2.16. The van der Waals surface area contributed by atoms with Crippen LogP contribution in [-0.2, 0) is 16.0 Å². The van der Waals surface area contributed by atoms with Crippen molar-refractivity contribution in [3.05, 3.63) is 72.6 Å². The summed E-state index contributed by atoms with van der Waals surface area (Å²) in [4.78, 5) is 28.1. The lowest BCUT2D eigenvalue weighted by atomic mass is 10.1. The zero-order valence-corrected chi connectivity index (χ0v) is 14.6. The van der Waals surface area contributed by atoms with E-state index in [1.165, 1.54) is 29.5 Å². The lowest BCUT2D eigenvalue weighted by Gasteiger charge is -2.12. The molecule has 0 fully saturated rings. The second kappa shape index (κ2) is 8.22. The first-order valence-corrected chi connectivity index (χ1v) is 8.30. The highest BCUT2D eigenvalue weighted by Gasteiger charge is 2.15. The normalized spacial score (nSPS) is 11.6. The van der Waals surface area contributed by atoms with E-state index in [9.17, 15) is 14.0 Å². The van der Waals surface area contributed by atoms with Gasteiger partial charge in [-0.15, -0.1) is 0 Å². The van der Waals surface area contributed by atoms with Gasteiger partial charge in [0.1, 0.15) is 24.5 Å². The predicted molar refractivity (Wildman–Crippen MR) is 98.5 cm³/mol. The first-order chi connectivity index (χ1) is 13.0. The van der Waals surface area contributed by atoms with Gasteiger partial charge in [0.15, 0.2) is 0 Å². The maximum absolute atomic E-state index is 13.2. The van der Waals surface area contributed by atoms with Crippen LogP contribution in [0.5, 0.6) is 0 Å². The molecule has 3 aromatic rings. The molecule has 8 heteroatoms. The van der Waals surface area contributed by atoms with Crippen molar-refractivity contribution in [1.29, 1.82) is 0 Å². The predicted octanol–water partition coefficient (Wildman–Crippen LogP) is 2.80. The minimum atomic E-state index is -0.502. The molecule has 1 unspecified atom stereocenters. The summed E-state index contributed by atoms with van der Waals surface area (Å²) in [6, 6.07) is 12.1. The van der Waals surface area contributed by atoms with Crippen LogP contribution in [0.15, 0.2) is 61.2 Å². The van der Waals surface area contributed by atoms with Crippen molar-refractivity contribution in [3.8, 4) is 0 Å². The average molecular weight is 367 g/mol. The number of amides is 2. The molecule has 2 amide bonds. The zero-order chi connectivity index (χ0) is 19.2. The average Bonchev–Trinajstić information content (AvgIpc) is 3.17. The summed E-state index contributed by atoms with van der Waals surface area (Å²) in [5.74, 6) is -0.860. The van der Waals surface area contributed by atoms with Crippen molar-refractivity contribution >= 4 is 23.2 Å². The summed E-state index contributed by atoms with van der Waals surface area (Å²) in [5, 5.41) is 9.45. The fraction of sp³-hybridized carbons (Fsp3) is 0.158. The van der Waals surface area contributed by atoms with Gasteiger partial charge < -0.3 is 10.6 Å². The Labute approximate surface area is 155 Å². The quantitative estimate of drug-likeness (QED) is 0.701. The minimum Gasteiger partial charge on any atom is -0.326 e. The largest absolute Gasteiger partial charge is 0.326 e. The number of rotatable bonds is 6. The smallest absolute Gasteiger partial charge is 0.249 e. The molecule has 0 aliphatic carbocycles. The van der Waals surface area contributed by atoms with Gasteiger partial charge in [-0.3, -0.25) is 9.59 Å². The molecule has 1 heterocycles. The Morgan fingerprint density at radius 1 is 1.11 bits per heavy atom. The molecule has 0 saturated heterocycles. The van der Waals surface area contributed by atoms with Crippen LogP contribution in [0.2, 0.25) is 0 Å². The first-order valence-electron chi connectivity index (χ1n) is 8.30. The van der Waals surface area contributed by atoms with Crippen molar-refractivity contribution in [1.82, 2.24) is 14.8 Å². The summed E-state index contributed by atoms with van der Waals surface area (Å²) in [7, 11) is 0. The van der Waals surface area contributed by atoms with Crippen molar-refractivity contribution in [2.24, 2.45) is 0 Å². The van der Waals surface area contributed by atoms with Crippen molar-refractivity contribution in [2.45, 2.75) is 19.4 Å². The number of nitrogens with one attached hydrogen (secondary N) is 2. The lowest BCUT2D eigenvalue weighted by molar-refractivity contribution is -0.119. The fourth-order valence-electron chi connectivity index (χ4n) is 2.46. The number of benzene rings is 2. The van der Waals surface area contributed by atoms with Gasteiger partial charge in [0.2, 0.25) is 11.8 Å². The molecule has 2 N–H and O–H groups in total. The molecule has 7 nitrogen and oxygen atoms in total. The maximum Gasteiger partial charge on any atom is 0.249 e. The summed E-state index contributed by atoms with van der Waals surface area (Å²) < 4.78 is 14.6. The molecule has 0 spiro atoms. The molecule has 138 valence electrons. The van der Waals surface area contributed by atoms with E-state index >= 15 is 0 Å². The molecular weight excluding hydrogens is 349 g/mol. The van der Waals surface area contributed by atoms with Gasteiger partial charge in [-0.25, -0.2) is 14.1 Å². The first kappa shape index (κ1) is 18.2. The summed E-state index contributed by atoms with van der Waals surface area (Å²) in [6.07, 6.45) is 2.91. The molecule has 1 aromatic heterocycles. The number of hydrogen-bond donors (Lipinski definition) is 2. The third-order valence-electron chi connectivity index (χ3n) is 3.90. The van der Waals surface area contributed by atoms with Crippen molar-refractivity contribution < 1.29 is 14.0 Å². The number of carbonyl (C=O) groups excluding carboxylic acids is 2. The summed E-state index contributed by atoms with van der Waals surface area (Å²) in [5.41, 5.74) is 1.77. The van der Waals surface area contributed by atoms with Crippen LogP contribution in [0.1, 0.15) is 18.5 Å². The molecule has 0 saturated carbocycles. The zero-order valence-electron chi connectivity index (χ0n) is 14.6. The molecule has 0 aliphatic heterocycles. The summed E-state index contributed by atoms with van der Waals surface area (Å²) in [6.45, 7) is 1.71. The number of carbonyl (C=O) groups is 2. The minimum absolute atomic E-state index is 0.0751. The van der Waals surface area contributed by atoms with E-state index in [1.807, 2.05) is 0 Å². The molecule has 1 atom stereocenters. The molecule has 3 rings (SSSR count). The van der Waals surface area contributed by atoms with E-state index in [0.717, 1.165) is 0 Å². The monoisotopic (exact) mass is 367 g/mol. The Morgan fingerprint density at radius 3 is 2.44 bits per heavy atom. The fourth-order valence-corrected chi connectivity index (χ4v) is 2.46. The van der Waals surface area contributed by atoms with E-state index in [1.54, 1.807) is 43.3 Å². The number of aromatic nitrogens is 3. The SMILES string of the molecule is CC(C(=O)Nc1ccc(NC(=O)Cc2cccc(F)c2)cc1)n1cncn1. The molecule has 27 heavy (non-hydrogen) atoms.